The van der Waals surface area contributed by atoms with E-state index in [4.69, 9.17) is 5.73 Å². The Morgan fingerprint density at radius 2 is 1.85 bits per heavy atom. The van der Waals surface area contributed by atoms with Gasteiger partial charge in [0.15, 0.2) is 0 Å². The first kappa shape index (κ1) is 19.3. The second kappa shape index (κ2) is 8.06. The van der Waals surface area contributed by atoms with Crippen molar-refractivity contribution >= 4 is 15.9 Å². The molecule has 2 aliphatic heterocycles. The number of hydrogen-bond acceptors (Lipinski definition) is 4. The van der Waals surface area contributed by atoms with Gasteiger partial charge in [-0.1, -0.05) is 18.2 Å². The Hall–Kier alpha value is -1.44. The number of benzene rings is 1. The van der Waals surface area contributed by atoms with Crippen LogP contribution in [0.5, 0.6) is 0 Å². The summed E-state index contributed by atoms with van der Waals surface area (Å²) in [5.41, 5.74) is 6.10. The van der Waals surface area contributed by atoms with Gasteiger partial charge in [0, 0.05) is 31.7 Å². The van der Waals surface area contributed by atoms with Gasteiger partial charge in [0.05, 0.1) is 10.8 Å². The molecule has 1 aromatic rings. The molecule has 0 radical (unpaired) electrons. The molecule has 6 nitrogen and oxygen atoms in total. The van der Waals surface area contributed by atoms with Gasteiger partial charge in [0.2, 0.25) is 15.9 Å². The van der Waals surface area contributed by atoms with Crippen LogP contribution in [0.3, 0.4) is 0 Å². The van der Waals surface area contributed by atoms with Gasteiger partial charge in [0.1, 0.15) is 0 Å². The molecule has 2 N–H and O–H groups in total. The number of nitrogens with two attached hydrogens (primary N) is 1. The van der Waals surface area contributed by atoms with Crippen LogP contribution in [0.15, 0.2) is 35.2 Å². The third kappa shape index (κ3) is 3.94. The number of hydrogen-bond donors (Lipinski definition) is 1. The maximum absolute atomic E-state index is 13.1. The smallest absolute Gasteiger partial charge is 0.243 e. The molecule has 2 aliphatic rings. The van der Waals surface area contributed by atoms with Gasteiger partial charge >= 0.3 is 0 Å². The van der Waals surface area contributed by atoms with E-state index in [-0.39, 0.29) is 30.5 Å². The van der Waals surface area contributed by atoms with Crippen LogP contribution >= 0.6 is 0 Å². The molecule has 0 aromatic heterocycles. The largest absolute Gasteiger partial charge is 0.338 e. The van der Waals surface area contributed by atoms with Gasteiger partial charge in [-0.15, -0.1) is 0 Å². The molecule has 3 unspecified atom stereocenters. The van der Waals surface area contributed by atoms with Crippen molar-refractivity contribution in [2.24, 2.45) is 11.7 Å². The zero-order chi connectivity index (χ0) is 18.7. The van der Waals surface area contributed by atoms with E-state index in [1.54, 1.807) is 30.3 Å². The van der Waals surface area contributed by atoms with E-state index >= 15 is 0 Å². The van der Waals surface area contributed by atoms with Crippen LogP contribution in [0, 0.1) is 5.92 Å². The summed E-state index contributed by atoms with van der Waals surface area (Å²) in [6, 6.07) is 8.46. The Morgan fingerprint density at radius 1 is 1.12 bits per heavy atom. The van der Waals surface area contributed by atoms with E-state index in [1.165, 1.54) is 4.31 Å². The zero-order valence-corrected chi connectivity index (χ0v) is 16.2. The highest BCUT2D eigenvalue weighted by atomic mass is 32.2. The van der Waals surface area contributed by atoms with Crippen molar-refractivity contribution in [2.75, 3.05) is 19.6 Å². The van der Waals surface area contributed by atoms with Gasteiger partial charge in [0.25, 0.3) is 0 Å². The van der Waals surface area contributed by atoms with Crippen LogP contribution in [0.2, 0.25) is 0 Å². The number of rotatable bonds is 4. The minimum atomic E-state index is -3.55. The Balaban J connectivity index is 1.75. The fourth-order valence-electron chi connectivity index (χ4n) is 4.12. The van der Waals surface area contributed by atoms with Crippen LogP contribution < -0.4 is 5.73 Å². The SMILES string of the molecule is CC(N)C1CCCCN1C(=O)C1CCCN(S(=O)(=O)c2ccccc2)C1. The van der Waals surface area contributed by atoms with E-state index in [2.05, 4.69) is 0 Å². The third-order valence-electron chi connectivity index (χ3n) is 5.55. The lowest BCUT2D eigenvalue weighted by Crippen LogP contribution is -2.55. The predicted molar refractivity (Wildman–Crippen MR) is 101 cm³/mol. The van der Waals surface area contributed by atoms with Crippen molar-refractivity contribution in [1.29, 1.82) is 0 Å². The average Bonchev–Trinajstić information content (AvgIpc) is 2.68. The van der Waals surface area contributed by atoms with Crippen molar-refractivity contribution in [2.45, 2.75) is 56.0 Å². The Bertz CT molecular complexity index is 721. The molecular weight excluding hydrogens is 350 g/mol. The summed E-state index contributed by atoms with van der Waals surface area (Å²) in [7, 11) is -3.55. The lowest BCUT2D eigenvalue weighted by molar-refractivity contribution is -0.141. The van der Waals surface area contributed by atoms with Crippen molar-refractivity contribution in [3.05, 3.63) is 30.3 Å². The number of amides is 1. The lowest BCUT2D eigenvalue weighted by Gasteiger charge is -2.41. The van der Waals surface area contributed by atoms with Crippen molar-refractivity contribution in [1.82, 2.24) is 9.21 Å². The quantitative estimate of drug-likeness (QED) is 0.865. The fourth-order valence-corrected chi connectivity index (χ4v) is 5.66. The van der Waals surface area contributed by atoms with E-state index in [9.17, 15) is 13.2 Å². The van der Waals surface area contributed by atoms with Gasteiger partial charge < -0.3 is 10.6 Å². The van der Waals surface area contributed by atoms with E-state index in [0.29, 0.717) is 17.9 Å². The maximum Gasteiger partial charge on any atom is 0.243 e. The summed E-state index contributed by atoms with van der Waals surface area (Å²) in [5, 5.41) is 0. The summed E-state index contributed by atoms with van der Waals surface area (Å²) in [4.78, 5) is 15.3. The van der Waals surface area contributed by atoms with Crippen LogP contribution in [0.1, 0.15) is 39.0 Å². The molecule has 144 valence electrons. The number of nitrogens with zero attached hydrogens (tertiary/aromatic N) is 2. The Kier molecular flexibility index (Phi) is 5.99. The van der Waals surface area contributed by atoms with Crippen molar-refractivity contribution in [3.63, 3.8) is 0 Å². The Morgan fingerprint density at radius 3 is 2.54 bits per heavy atom. The first-order valence-corrected chi connectivity index (χ1v) is 11.0. The molecule has 0 bridgehead atoms. The highest BCUT2D eigenvalue weighted by Gasteiger charge is 2.38. The summed E-state index contributed by atoms with van der Waals surface area (Å²) in [6.45, 7) is 3.41. The summed E-state index contributed by atoms with van der Waals surface area (Å²) in [6.07, 6.45) is 4.46. The number of likely N-dealkylation sites (tertiary alicyclic amines) is 1. The van der Waals surface area contributed by atoms with Crippen LogP contribution in [0.4, 0.5) is 0 Å². The minimum absolute atomic E-state index is 0.0630. The minimum Gasteiger partial charge on any atom is -0.338 e. The predicted octanol–water partition coefficient (Wildman–Crippen LogP) is 1.82. The van der Waals surface area contributed by atoms with Crippen LogP contribution in [0.25, 0.3) is 0 Å². The zero-order valence-electron chi connectivity index (χ0n) is 15.4. The van der Waals surface area contributed by atoms with E-state index in [0.717, 1.165) is 32.2 Å². The van der Waals surface area contributed by atoms with Crippen LogP contribution in [-0.4, -0.2) is 55.2 Å². The van der Waals surface area contributed by atoms with Crippen molar-refractivity contribution < 1.29 is 13.2 Å². The molecule has 2 saturated heterocycles. The monoisotopic (exact) mass is 379 g/mol. The van der Waals surface area contributed by atoms with Gasteiger partial charge in [-0.3, -0.25) is 4.79 Å². The summed E-state index contributed by atoms with van der Waals surface area (Å²) >= 11 is 0. The Labute approximate surface area is 156 Å². The molecule has 0 spiro atoms. The molecule has 0 saturated carbocycles. The number of piperidine rings is 2. The molecule has 3 atom stereocenters. The summed E-state index contributed by atoms with van der Waals surface area (Å²) < 4.78 is 27.2. The second-order valence-corrected chi connectivity index (χ2v) is 9.41. The first-order valence-electron chi connectivity index (χ1n) is 9.52. The number of sulfonamides is 1. The average molecular weight is 380 g/mol. The van der Waals surface area contributed by atoms with Gasteiger partial charge in [-0.25, -0.2) is 8.42 Å². The lowest BCUT2D eigenvalue weighted by atomic mass is 9.92. The molecule has 2 heterocycles. The third-order valence-corrected chi connectivity index (χ3v) is 7.43. The highest BCUT2D eigenvalue weighted by molar-refractivity contribution is 7.89. The van der Waals surface area contributed by atoms with E-state index in [1.807, 2.05) is 11.8 Å². The highest BCUT2D eigenvalue weighted by Crippen LogP contribution is 2.28. The molecule has 3 rings (SSSR count). The fraction of sp³-hybridized carbons (Fsp3) is 0.632. The normalized spacial score (nSPS) is 26.5. The van der Waals surface area contributed by atoms with Gasteiger partial charge in [-0.2, -0.15) is 4.31 Å². The molecule has 0 aliphatic carbocycles. The first-order chi connectivity index (χ1) is 12.4. The summed E-state index contributed by atoms with van der Waals surface area (Å²) in [5.74, 6) is -0.207. The molecule has 2 fully saturated rings. The number of carbonyl (C=O) groups excluding carboxylic acids is 1. The standard InChI is InChI=1S/C19H29N3O3S/c1-15(20)18-11-5-6-13-22(18)19(23)16-8-7-12-21(14-16)26(24,25)17-9-3-2-4-10-17/h2-4,9-10,15-16,18H,5-8,11-14,20H2,1H3. The molecule has 1 amide bonds. The second-order valence-electron chi connectivity index (χ2n) is 7.47. The molecular formula is C19H29N3O3S. The van der Waals surface area contributed by atoms with Crippen molar-refractivity contribution in [3.8, 4) is 0 Å². The maximum atomic E-state index is 13.1. The van der Waals surface area contributed by atoms with Gasteiger partial charge in [-0.05, 0) is 51.2 Å². The molecule has 26 heavy (non-hydrogen) atoms. The molecule has 7 heteroatoms. The topological polar surface area (TPSA) is 83.7 Å². The van der Waals surface area contributed by atoms with E-state index < -0.39 is 10.0 Å². The number of carbonyl (C=O) groups is 1. The van der Waals surface area contributed by atoms with Crippen LogP contribution in [-0.2, 0) is 14.8 Å². The molecule has 1 aromatic carbocycles.